The predicted octanol–water partition coefficient (Wildman–Crippen LogP) is 5.48. The molecule has 2 aromatic rings. The lowest BCUT2D eigenvalue weighted by Gasteiger charge is -2.32. The number of halogens is 1. The molecule has 0 heterocycles. The van der Waals surface area contributed by atoms with Crippen molar-refractivity contribution >= 4 is 53.4 Å². The Morgan fingerprint density at radius 1 is 0.597 bits per heavy atom. The van der Waals surface area contributed by atoms with Gasteiger partial charge in [0.25, 0.3) is 5.91 Å². The Balaban J connectivity index is 2.23. The van der Waals surface area contributed by atoms with Gasteiger partial charge in [-0.25, -0.2) is 14.4 Å². The third kappa shape index (κ3) is 20.4. The van der Waals surface area contributed by atoms with Gasteiger partial charge in [-0.1, -0.05) is 35.9 Å². The third-order valence-corrected chi connectivity index (χ3v) is 8.84. The molecule has 0 aromatic heterocycles. The Bertz CT molecular complexity index is 1840. The third-order valence-electron chi connectivity index (χ3n) is 8.59. The minimum absolute atomic E-state index is 0.0370. The standard InChI is InChI=1S/C44H65ClN6O11/c1-26(35(52)50-33(39(56)57)14-12-13-24-46-40(58)61-43(6,7)8)48-38(55)34(27(2)60-42(3,4)5)51-37(54)32(23-25-47-41(59)62-44(9,10)11)49-36(53)30-17-15-28(16-18-30)29-19-21-31(45)22-20-29/h15-22,26-27,32-34H,12-14,23-25H2,1-11H3,(H,46,58)(H,47,59)(H,48,55)(H,49,53)(H,50,52)(H,51,54)(H,56,57)/t26-,27+,32-,33-,34-/m0/s1. The van der Waals surface area contributed by atoms with Crippen LogP contribution >= 0.6 is 11.6 Å². The second kappa shape index (κ2) is 23.7. The minimum Gasteiger partial charge on any atom is -0.480 e. The van der Waals surface area contributed by atoms with E-state index < -0.39 is 88.9 Å². The van der Waals surface area contributed by atoms with Crippen LogP contribution in [-0.2, 0) is 33.4 Å². The topological polar surface area (TPSA) is 240 Å². The van der Waals surface area contributed by atoms with Gasteiger partial charge in [0.05, 0.1) is 11.7 Å². The molecule has 0 aliphatic rings. The number of hydrogen-bond acceptors (Lipinski definition) is 10. The van der Waals surface area contributed by atoms with E-state index >= 15 is 0 Å². The molecule has 0 aliphatic carbocycles. The van der Waals surface area contributed by atoms with Gasteiger partial charge in [0, 0.05) is 23.7 Å². The number of carbonyl (C=O) groups is 7. The van der Waals surface area contributed by atoms with Gasteiger partial charge in [-0.05, 0) is 137 Å². The molecule has 2 rings (SSSR count). The van der Waals surface area contributed by atoms with Crippen LogP contribution in [0.3, 0.4) is 0 Å². The molecule has 0 saturated carbocycles. The Kier molecular flexibility index (Phi) is 20.2. The van der Waals surface area contributed by atoms with Crippen molar-refractivity contribution < 1.29 is 52.9 Å². The Morgan fingerprint density at radius 3 is 1.61 bits per heavy atom. The van der Waals surface area contributed by atoms with E-state index in [0.29, 0.717) is 17.9 Å². The van der Waals surface area contributed by atoms with E-state index in [0.717, 1.165) is 11.1 Å². The zero-order valence-electron chi connectivity index (χ0n) is 37.7. The summed E-state index contributed by atoms with van der Waals surface area (Å²) in [6, 6.07) is 8.58. The van der Waals surface area contributed by atoms with Gasteiger partial charge >= 0.3 is 18.2 Å². The number of ether oxygens (including phenoxy) is 3. The number of benzene rings is 2. The van der Waals surface area contributed by atoms with Gasteiger partial charge < -0.3 is 51.2 Å². The fourth-order valence-electron chi connectivity index (χ4n) is 5.78. The monoisotopic (exact) mass is 888 g/mol. The normalized spacial score (nSPS) is 14.1. The molecule has 17 nitrogen and oxygen atoms in total. The van der Waals surface area contributed by atoms with E-state index in [9.17, 15) is 38.7 Å². The number of amides is 6. The van der Waals surface area contributed by atoms with E-state index in [-0.39, 0.29) is 31.5 Å². The highest BCUT2D eigenvalue weighted by Gasteiger charge is 2.35. The Morgan fingerprint density at radius 2 is 1.11 bits per heavy atom. The predicted molar refractivity (Wildman–Crippen MR) is 234 cm³/mol. The number of unbranched alkanes of at least 4 members (excludes halogenated alkanes) is 1. The molecule has 62 heavy (non-hydrogen) atoms. The molecule has 0 spiro atoms. The fraction of sp³-hybridized carbons (Fsp3) is 0.568. The lowest BCUT2D eigenvalue weighted by molar-refractivity contribution is -0.143. The molecule has 0 bridgehead atoms. The summed E-state index contributed by atoms with van der Waals surface area (Å²) in [5.74, 6) is -4.32. The van der Waals surface area contributed by atoms with Gasteiger partial charge in [-0.2, -0.15) is 0 Å². The zero-order valence-corrected chi connectivity index (χ0v) is 38.4. The number of carboxylic acids is 1. The minimum atomic E-state index is -1.42. The van der Waals surface area contributed by atoms with Crippen LogP contribution in [0.5, 0.6) is 0 Å². The molecule has 0 fully saturated rings. The summed E-state index contributed by atoms with van der Waals surface area (Å²) < 4.78 is 16.5. The SMILES string of the molecule is C[C@H](NC(=O)[C@@H](NC(=O)[C@H](CCNC(=O)OC(C)(C)C)NC(=O)c1ccc(-c2ccc(Cl)cc2)cc1)[C@@H](C)OC(C)(C)C)C(=O)N[C@@H](CCCCNC(=O)OC(C)(C)C)C(=O)O. The Hall–Kier alpha value is -5.42. The molecule has 6 amide bonds. The summed E-state index contributed by atoms with van der Waals surface area (Å²) in [6.45, 7) is 18.6. The summed E-state index contributed by atoms with van der Waals surface area (Å²) >= 11 is 6.03. The van der Waals surface area contributed by atoms with Crippen molar-refractivity contribution in [1.82, 2.24) is 31.9 Å². The average molecular weight is 889 g/mol. The zero-order chi connectivity index (χ0) is 47.0. The van der Waals surface area contributed by atoms with Gasteiger partial charge in [0.15, 0.2) is 0 Å². The smallest absolute Gasteiger partial charge is 0.407 e. The first-order chi connectivity index (χ1) is 28.6. The molecule has 18 heteroatoms. The van der Waals surface area contributed by atoms with Crippen molar-refractivity contribution in [2.75, 3.05) is 13.1 Å². The molecule has 0 unspecified atom stereocenters. The highest BCUT2D eigenvalue weighted by molar-refractivity contribution is 6.30. The fourth-order valence-corrected chi connectivity index (χ4v) is 5.90. The maximum atomic E-state index is 14.1. The van der Waals surface area contributed by atoms with Crippen molar-refractivity contribution in [1.29, 1.82) is 0 Å². The summed E-state index contributed by atoms with van der Waals surface area (Å²) in [6.07, 6.45) is -1.65. The number of hydrogen-bond donors (Lipinski definition) is 7. The van der Waals surface area contributed by atoms with Crippen molar-refractivity contribution in [3.05, 3.63) is 59.1 Å². The number of alkyl carbamates (subject to hydrolysis) is 2. The van der Waals surface area contributed by atoms with Crippen LogP contribution in [0, 0.1) is 0 Å². The van der Waals surface area contributed by atoms with Crippen LogP contribution in [0.1, 0.15) is 112 Å². The highest BCUT2D eigenvalue weighted by Crippen LogP contribution is 2.22. The summed E-state index contributed by atoms with van der Waals surface area (Å²) in [7, 11) is 0. The van der Waals surface area contributed by atoms with Crippen molar-refractivity contribution in [3.63, 3.8) is 0 Å². The number of rotatable bonds is 20. The van der Waals surface area contributed by atoms with Crippen LogP contribution in [0.2, 0.25) is 5.02 Å². The second-order valence-corrected chi connectivity index (χ2v) is 18.2. The lowest BCUT2D eigenvalue weighted by atomic mass is 10.0. The van der Waals surface area contributed by atoms with Crippen LogP contribution in [-0.4, -0.2) is 107 Å². The maximum Gasteiger partial charge on any atom is 0.407 e. The van der Waals surface area contributed by atoms with Crippen LogP contribution in [0.4, 0.5) is 9.59 Å². The maximum absolute atomic E-state index is 14.1. The first-order valence-electron chi connectivity index (χ1n) is 20.6. The van der Waals surface area contributed by atoms with Gasteiger partial charge in [0.1, 0.15) is 35.4 Å². The average Bonchev–Trinajstić information content (AvgIpc) is 3.13. The van der Waals surface area contributed by atoms with Crippen LogP contribution < -0.4 is 31.9 Å². The molecule has 0 saturated heterocycles. The van der Waals surface area contributed by atoms with Gasteiger partial charge in [-0.3, -0.25) is 19.2 Å². The summed E-state index contributed by atoms with van der Waals surface area (Å²) in [5.41, 5.74) is -0.321. The van der Waals surface area contributed by atoms with E-state index in [1.807, 2.05) is 12.1 Å². The van der Waals surface area contributed by atoms with Crippen molar-refractivity contribution in [3.8, 4) is 11.1 Å². The first-order valence-corrected chi connectivity index (χ1v) is 20.9. The molecular weight excluding hydrogens is 824 g/mol. The van der Waals surface area contributed by atoms with Crippen molar-refractivity contribution in [2.24, 2.45) is 0 Å². The van der Waals surface area contributed by atoms with Crippen molar-refractivity contribution in [2.45, 2.75) is 149 Å². The van der Waals surface area contributed by atoms with Gasteiger partial charge in [-0.15, -0.1) is 0 Å². The number of carboxylic acid groups (broad SMARTS) is 1. The molecular formula is C44H65ClN6O11. The first kappa shape index (κ1) is 52.7. The second-order valence-electron chi connectivity index (χ2n) is 17.8. The van der Waals surface area contributed by atoms with E-state index in [1.165, 1.54) is 6.92 Å². The highest BCUT2D eigenvalue weighted by atomic mass is 35.5. The van der Waals surface area contributed by atoms with E-state index in [1.54, 1.807) is 106 Å². The van der Waals surface area contributed by atoms with Crippen LogP contribution in [0.25, 0.3) is 11.1 Å². The summed E-state index contributed by atoms with van der Waals surface area (Å²) in [5, 5.41) is 25.9. The lowest BCUT2D eigenvalue weighted by Crippen LogP contribution is -2.61. The summed E-state index contributed by atoms with van der Waals surface area (Å²) in [4.78, 5) is 91.1. The van der Waals surface area contributed by atoms with E-state index in [2.05, 4.69) is 31.9 Å². The van der Waals surface area contributed by atoms with Crippen LogP contribution in [0.15, 0.2) is 48.5 Å². The largest absolute Gasteiger partial charge is 0.480 e. The number of nitrogens with one attached hydrogen (secondary N) is 6. The molecule has 7 N–H and O–H groups in total. The Labute approximate surface area is 369 Å². The number of aliphatic carboxylic acids is 1. The van der Waals surface area contributed by atoms with E-state index in [4.69, 9.17) is 25.8 Å². The molecule has 0 radical (unpaired) electrons. The molecule has 2 aromatic carbocycles. The molecule has 344 valence electrons. The molecule has 0 aliphatic heterocycles. The quantitative estimate of drug-likeness (QED) is 0.0822. The van der Waals surface area contributed by atoms with Gasteiger partial charge in [0.2, 0.25) is 17.7 Å². The molecule has 5 atom stereocenters. The number of carbonyl (C=O) groups excluding carboxylic acids is 6.